The number of nitrogens with one attached hydrogen (secondary N) is 1. The summed E-state index contributed by atoms with van der Waals surface area (Å²) in [6.07, 6.45) is 0.645. The van der Waals surface area contributed by atoms with E-state index in [-0.39, 0.29) is 37.3 Å². The number of hydrogen-bond acceptors (Lipinski definition) is 6. The molecular weight excluding hydrogens is 350 g/mol. The molecule has 0 aliphatic carbocycles. The lowest BCUT2D eigenvalue weighted by Crippen LogP contribution is -2.40. The van der Waals surface area contributed by atoms with Crippen LogP contribution in [0, 0.1) is 0 Å². The Morgan fingerprint density at radius 1 is 1.12 bits per heavy atom. The van der Waals surface area contributed by atoms with Crippen molar-refractivity contribution in [3.8, 4) is 17.2 Å². The summed E-state index contributed by atoms with van der Waals surface area (Å²) in [6, 6.07) is 5.29. The quantitative estimate of drug-likeness (QED) is 0.575. The summed E-state index contributed by atoms with van der Waals surface area (Å²) in [5.74, 6) is 1.39. The minimum absolute atomic E-state index is 0. The summed E-state index contributed by atoms with van der Waals surface area (Å²) >= 11 is 0. The number of ether oxygens (including phenoxy) is 3. The van der Waals surface area contributed by atoms with Gasteiger partial charge in [0.25, 0.3) is 0 Å². The minimum Gasteiger partial charge on any atom is -0.496 e. The number of benzene rings is 1. The third-order valence-corrected chi connectivity index (χ3v) is 3.28. The molecule has 0 aromatic heterocycles. The number of likely N-dealkylation sites (N-methyl/N-ethyl adjacent to an activating group) is 1. The van der Waals surface area contributed by atoms with Crippen molar-refractivity contribution in [1.29, 1.82) is 0 Å². The Kier molecular flexibility index (Phi) is 11.1. The van der Waals surface area contributed by atoms with Crippen LogP contribution < -0.4 is 25.3 Å². The lowest BCUT2D eigenvalue weighted by molar-refractivity contribution is -0.131. The molecule has 0 heterocycles. The fourth-order valence-corrected chi connectivity index (χ4v) is 1.86. The minimum atomic E-state index is -0.355. The molecule has 0 spiro atoms. The summed E-state index contributed by atoms with van der Waals surface area (Å²) in [5, 5.41) is 2.44. The predicted octanol–water partition coefficient (Wildman–Crippen LogP) is 0.428. The van der Waals surface area contributed by atoms with Crippen molar-refractivity contribution < 1.29 is 23.8 Å². The van der Waals surface area contributed by atoms with Gasteiger partial charge in [0.1, 0.15) is 17.2 Å². The van der Waals surface area contributed by atoms with Crippen LogP contribution in [0.15, 0.2) is 18.2 Å². The molecule has 1 aromatic carbocycles. The average molecular weight is 376 g/mol. The molecule has 0 aliphatic rings. The molecule has 0 saturated heterocycles. The highest BCUT2D eigenvalue weighted by Gasteiger charge is 2.09. The van der Waals surface area contributed by atoms with Gasteiger partial charge in [0.05, 0.1) is 33.9 Å². The number of nitrogens with two attached hydrogens (primary N) is 1. The van der Waals surface area contributed by atoms with Crippen LogP contribution in [0.3, 0.4) is 0 Å². The predicted molar refractivity (Wildman–Crippen MR) is 96.6 cm³/mol. The molecule has 142 valence electrons. The van der Waals surface area contributed by atoms with Gasteiger partial charge < -0.3 is 30.2 Å². The molecule has 0 bridgehead atoms. The lowest BCUT2D eigenvalue weighted by atomic mass is 10.3. The van der Waals surface area contributed by atoms with Gasteiger partial charge in [-0.15, -0.1) is 12.4 Å². The fourth-order valence-electron chi connectivity index (χ4n) is 1.86. The number of nitrogens with zero attached hydrogens (tertiary/aromatic N) is 1. The topological polar surface area (TPSA) is 103 Å². The summed E-state index contributed by atoms with van der Waals surface area (Å²) in [4.78, 5) is 24.3. The van der Waals surface area contributed by atoms with E-state index < -0.39 is 0 Å². The molecule has 0 unspecified atom stereocenters. The highest BCUT2D eigenvalue weighted by atomic mass is 35.5. The SMILES string of the molecule is COc1cc(OC)cc(OCCCN(C)C(=O)CNC(=O)CN)c1.Cl. The standard InChI is InChI=1S/C16H25N3O5.ClH/c1-19(16(21)11-18-15(20)10-17)5-4-6-24-14-8-12(22-2)7-13(9-14)23-3;/h7-9H,4-6,10-11,17H2,1-3H3,(H,18,20);1H. The highest BCUT2D eigenvalue weighted by molar-refractivity contribution is 5.85. The van der Waals surface area contributed by atoms with E-state index in [4.69, 9.17) is 19.9 Å². The molecule has 1 rings (SSSR count). The zero-order valence-corrected chi connectivity index (χ0v) is 15.6. The largest absolute Gasteiger partial charge is 0.496 e. The Bertz CT molecular complexity index is 534. The zero-order chi connectivity index (χ0) is 17.9. The Hall–Kier alpha value is -2.19. The number of rotatable bonds is 10. The first-order chi connectivity index (χ1) is 11.5. The first-order valence-electron chi connectivity index (χ1n) is 7.56. The summed E-state index contributed by atoms with van der Waals surface area (Å²) in [7, 11) is 4.82. The van der Waals surface area contributed by atoms with Crippen LogP contribution in [-0.4, -0.2) is 64.2 Å². The van der Waals surface area contributed by atoms with E-state index in [1.807, 2.05) is 0 Å². The van der Waals surface area contributed by atoms with Gasteiger partial charge in [-0.1, -0.05) is 0 Å². The van der Waals surface area contributed by atoms with E-state index in [1.165, 1.54) is 4.90 Å². The van der Waals surface area contributed by atoms with Crippen LogP contribution in [0.4, 0.5) is 0 Å². The second kappa shape index (κ2) is 12.2. The number of halogens is 1. The van der Waals surface area contributed by atoms with Gasteiger partial charge in [0.2, 0.25) is 11.8 Å². The van der Waals surface area contributed by atoms with Crippen molar-refractivity contribution in [3.63, 3.8) is 0 Å². The number of hydrogen-bond donors (Lipinski definition) is 2. The Balaban J connectivity index is 0.00000576. The van der Waals surface area contributed by atoms with Gasteiger partial charge in [0.15, 0.2) is 0 Å². The third kappa shape index (κ3) is 8.46. The number of methoxy groups -OCH3 is 2. The van der Waals surface area contributed by atoms with Gasteiger partial charge in [-0.3, -0.25) is 9.59 Å². The Morgan fingerprint density at radius 3 is 2.20 bits per heavy atom. The molecule has 0 fully saturated rings. The Morgan fingerprint density at radius 2 is 1.68 bits per heavy atom. The lowest BCUT2D eigenvalue weighted by Gasteiger charge is -2.17. The maximum absolute atomic E-state index is 11.8. The maximum atomic E-state index is 11.8. The molecule has 9 heteroatoms. The van der Waals surface area contributed by atoms with Crippen LogP contribution in [0.5, 0.6) is 17.2 Å². The van der Waals surface area contributed by atoms with Gasteiger partial charge in [-0.25, -0.2) is 0 Å². The monoisotopic (exact) mass is 375 g/mol. The van der Waals surface area contributed by atoms with Crippen molar-refractivity contribution in [2.75, 3.05) is 47.5 Å². The van der Waals surface area contributed by atoms with Gasteiger partial charge in [-0.05, 0) is 6.42 Å². The van der Waals surface area contributed by atoms with Crippen molar-refractivity contribution in [3.05, 3.63) is 18.2 Å². The fraction of sp³-hybridized carbons (Fsp3) is 0.500. The average Bonchev–Trinajstić information content (AvgIpc) is 2.62. The number of carbonyl (C=O) groups excluding carboxylic acids is 2. The number of amides is 2. The van der Waals surface area contributed by atoms with Gasteiger partial charge in [-0.2, -0.15) is 0 Å². The van der Waals surface area contributed by atoms with E-state index >= 15 is 0 Å². The van der Waals surface area contributed by atoms with Gasteiger partial charge >= 0.3 is 0 Å². The third-order valence-electron chi connectivity index (χ3n) is 3.28. The van der Waals surface area contributed by atoms with Crippen molar-refractivity contribution >= 4 is 24.2 Å². The molecule has 1 aromatic rings. The van der Waals surface area contributed by atoms with Crippen molar-refractivity contribution in [2.24, 2.45) is 5.73 Å². The Labute approximate surface area is 154 Å². The summed E-state index contributed by atoms with van der Waals surface area (Å²) in [6.45, 7) is 0.761. The van der Waals surface area contributed by atoms with E-state index in [0.29, 0.717) is 36.8 Å². The molecule has 8 nitrogen and oxygen atoms in total. The van der Waals surface area contributed by atoms with Crippen LogP contribution >= 0.6 is 12.4 Å². The summed E-state index contributed by atoms with van der Waals surface area (Å²) < 4.78 is 16.0. The molecule has 0 aliphatic heterocycles. The molecule has 0 atom stereocenters. The van der Waals surface area contributed by atoms with Crippen molar-refractivity contribution in [2.45, 2.75) is 6.42 Å². The molecule has 0 radical (unpaired) electrons. The highest BCUT2D eigenvalue weighted by Crippen LogP contribution is 2.27. The molecule has 25 heavy (non-hydrogen) atoms. The van der Waals surface area contributed by atoms with Gasteiger partial charge in [0, 0.05) is 31.8 Å². The van der Waals surface area contributed by atoms with Crippen LogP contribution in [0.25, 0.3) is 0 Å². The van der Waals surface area contributed by atoms with Crippen LogP contribution in [-0.2, 0) is 9.59 Å². The van der Waals surface area contributed by atoms with Crippen LogP contribution in [0.1, 0.15) is 6.42 Å². The first-order valence-corrected chi connectivity index (χ1v) is 7.56. The second-order valence-electron chi connectivity index (χ2n) is 5.05. The normalized spacial score (nSPS) is 9.60. The smallest absolute Gasteiger partial charge is 0.241 e. The molecule has 3 N–H and O–H groups in total. The second-order valence-corrected chi connectivity index (χ2v) is 5.05. The van der Waals surface area contributed by atoms with E-state index in [0.717, 1.165) is 0 Å². The van der Waals surface area contributed by atoms with E-state index in [1.54, 1.807) is 39.5 Å². The first kappa shape index (κ1) is 22.8. The summed E-state index contributed by atoms with van der Waals surface area (Å²) in [5.41, 5.74) is 5.16. The molecule has 2 amide bonds. The number of carbonyl (C=O) groups is 2. The zero-order valence-electron chi connectivity index (χ0n) is 14.7. The molecular formula is C16H26ClN3O5. The maximum Gasteiger partial charge on any atom is 0.241 e. The van der Waals surface area contributed by atoms with E-state index in [2.05, 4.69) is 5.32 Å². The van der Waals surface area contributed by atoms with Crippen LogP contribution in [0.2, 0.25) is 0 Å². The van der Waals surface area contributed by atoms with Crippen molar-refractivity contribution in [1.82, 2.24) is 10.2 Å². The molecule has 0 saturated carbocycles. The van der Waals surface area contributed by atoms with E-state index in [9.17, 15) is 9.59 Å².